The van der Waals surface area contributed by atoms with E-state index in [2.05, 4.69) is 4.74 Å². The van der Waals surface area contributed by atoms with E-state index in [9.17, 15) is 39.5 Å². The number of alkyl halides is 9. The van der Waals surface area contributed by atoms with Gasteiger partial charge in [-0.1, -0.05) is 38.1 Å². The molecule has 26 heavy (non-hydrogen) atoms. The fraction of sp³-hybridized carbons (Fsp3) is 0.625. The Morgan fingerprint density at radius 1 is 0.846 bits per heavy atom. The monoisotopic (exact) mass is 396 g/mol. The van der Waals surface area contributed by atoms with Gasteiger partial charge in [-0.3, -0.25) is 0 Å². The number of halogens is 9. The Morgan fingerprint density at radius 3 is 1.77 bits per heavy atom. The molecule has 0 fully saturated rings. The van der Waals surface area contributed by atoms with Crippen molar-refractivity contribution in [2.75, 3.05) is 7.11 Å². The summed E-state index contributed by atoms with van der Waals surface area (Å²) < 4.78 is 121. The van der Waals surface area contributed by atoms with Crippen LogP contribution in [0.1, 0.15) is 43.4 Å². The molecule has 0 aliphatic heterocycles. The van der Waals surface area contributed by atoms with E-state index in [0.29, 0.717) is 5.56 Å². The largest absolute Gasteiger partial charge is 0.460 e. The van der Waals surface area contributed by atoms with Crippen LogP contribution in [0.15, 0.2) is 24.3 Å². The van der Waals surface area contributed by atoms with Crippen molar-refractivity contribution < 1.29 is 44.3 Å². The highest BCUT2D eigenvalue weighted by Crippen LogP contribution is 2.55. The van der Waals surface area contributed by atoms with Gasteiger partial charge in [0.2, 0.25) is 0 Å². The van der Waals surface area contributed by atoms with E-state index >= 15 is 0 Å². The van der Waals surface area contributed by atoms with Crippen molar-refractivity contribution in [2.24, 2.45) is 0 Å². The first-order chi connectivity index (χ1) is 11.6. The second-order valence-electron chi connectivity index (χ2n) is 6.10. The molecule has 0 heterocycles. The van der Waals surface area contributed by atoms with Gasteiger partial charge in [-0.25, -0.2) is 0 Å². The van der Waals surface area contributed by atoms with Gasteiger partial charge in [-0.05, 0) is 17.0 Å². The van der Waals surface area contributed by atoms with E-state index in [4.69, 9.17) is 0 Å². The van der Waals surface area contributed by atoms with Crippen LogP contribution in [-0.2, 0) is 4.74 Å². The molecule has 1 aromatic rings. The molecule has 1 unspecified atom stereocenters. The number of hydrogen-bond acceptors (Lipinski definition) is 1. The topological polar surface area (TPSA) is 9.23 Å². The molecule has 0 N–H and O–H groups in total. The van der Waals surface area contributed by atoms with E-state index in [0.717, 1.165) is 7.11 Å². The van der Waals surface area contributed by atoms with Crippen LogP contribution in [0.4, 0.5) is 39.5 Å². The molecule has 0 aliphatic rings. The van der Waals surface area contributed by atoms with Crippen LogP contribution >= 0.6 is 0 Å². The fourth-order valence-corrected chi connectivity index (χ4v) is 2.22. The van der Waals surface area contributed by atoms with Crippen molar-refractivity contribution in [3.63, 3.8) is 0 Å². The van der Waals surface area contributed by atoms with Gasteiger partial charge in [0.1, 0.15) is 0 Å². The highest BCUT2D eigenvalue weighted by Gasteiger charge is 2.81. The van der Waals surface area contributed by atoms with Crippen molar-refractivity contribution in [1.29, 1.82) is 0 Å². The predicted octanol–water partition coefficient (Wildman–Crippen LogP) is 6.36. The lowest BCUT2D eigenvalue weighted by molar-refractivity contribution is -0.398. The van der Waals surface area contributed by atoms with E-state index in [1.807, 2.05) is 0 Å². The van der Waals surface area contributed by atoms with Gasteiger partial charge >= 0.3 is 23.9 Å². The number of benzene rings is 1. The normalized spacial score (nSPS) is 15.4. The maximum absolute atomic E-state index is 13.8. The standard InChI is InChI=1S/C16H17F9O/c1-9(2)10-5-4-6-11(7-10)12(26-3)8-13(17,18)14(19,20)15(21,22)16(23,24)25/h4-7,9,12H,8H2,1-3H3. The summed E-state index contributed by atoms with van der Waals surface area (Å²) >= 11 is 0. The Balaban J connectivity index is 3.22. The second kappa shape index (κ2) is 7.28. The molecule has 0 spiro atoms. The van der Waals surface area contributed by atoms with Crippen LogP contribution in [0.2, 0.25) is 0 Å². The van der Waals surface area contributed by atoms with E-state index < -0.39 is 36.5 Å². The molecule has 150 valence electrons. The molecule has 0 saturated heterocycles. The zero-order valence-corrected chi connectivity index (χ0v) is 14.0. The van der Waals surface area contributed by atoms with Gasteiger partial charge < -0.3 is 4.74 Å². The van der Waals surface area contributed by atoms with E-state index in [1.54, 1.807) is 19.9 Å². The van der Waals surface area contributed by atoms with Crippen molar-refractivity contribution in [3.05, 3.63) is 35.4 Å². The first-order valence-corrected chi connectivity index (χ1v) is 7.41. The maximum atomic E-state index is 13.8. The molecule has 0 aromatic heterocycles. The SMILES string of the molecule is COC(CC(F)(F)C(F)(F)C(F)(F)C(F)(F)F)c1cccc(C(C)C)c1. The van der Waals surface area contributed by atoms with E-state index in [-0.39, 0.29) is 11.5 Å². The van der Waals surface area contributed by atoms with Crippen LogP contribution in [-0.4, -0.2) is 31.1 Å². The Hall–Kier alpha value is -1.45. The summed E-state index contributed by atoms with van der Waals surface area (Å²) in [5.41, 5.74) is 0.588. The molecular weight excluding hydrogens is 379 g/mol. The first-order valence-electron chi connectivity index (χ1n) is 7.41. The highest BCUT2D eigenvalue weighted by molar-refractivity contribution is 5.27. The predicted molar refractivity (Wildman–Crippen MR) is 75.8 cm³/mol. The summed E-state index contributed by atoms with van der Waals surface area (Å²) in [7, 11) is 0.864. The van der Waals surface area contributed by atoms with Crippen LogP contribution in [0, 0.1) is 0 Å². The molecule has 0 radical (unpaired) electrons. The quantitative estimate of drug-likeness (QED) is 0.488. The van der Waals surface area contributed by atoms with Gasteiger partial charge in [-0.2, -0.15) is 39.5 Å². The zero-order valence-electron chi connectivity index (χ0n) is 14.0. The van der Waals surface area contributed by atoms with Gasteiger partial charge in [-0.15, -0.1) is 0 Å². The highest BCUT2D eigenvalue weighted by atomic mass is 19.4. The summed E-state index contributed by atoms with van der Waals surface area (Å²) in [6, 6.07) is 5.61. The average Bonchev–Trinajstić information content (AvgIpc) is 2.51. The van der Waals surface area contributed by atoms with Crippen molar-refractivity contribution >= 4 is 0 Å². The summed E-state index contributed by atoms with van der Waals surface area (Å²) in [6.45, 7) is 3.52. The third-order valence-electron chi connectivity index (χ3n) is 3.89. The molecule has 0 bridgehead atoms. The number of methoxy groups -OCH3 is 1. The third-order valence-corrected chi connectivity index (χ3v) is 3.89. The van der Waals surface area contributed by atoms with Crippen molar-refractivity contribution in [3.8, 4) is 0 Å². The lowest BCUT2D eigenvalue weighted by Gasteiger charge is -2.35. The van der Waals surface area contributed by atoms with Gasteiger partial charge in [0.25, 0.3) is 0 Å². The molecule has 1 rings (SSSR count). The van der Waals surface area contributed by atoms with Crippen molar-refractivity contribution in [1.82, 2.24) is 0 Å². The van der Waals surface area contributed by atoms with Crippen LogP contribution < -0.4 is 0 Å². The third kappa shape index (κ3) is 4.10. The molecule has 0 amide bonds. The molecule has 1 nitrogen and oxygen atoms in total. The molecule has 1 aromatic carbocycles. The molecule has 10 heteroatoms. The smallest absolute Gasteiger partial charge is 0.377 e. The van der Waals surface area contributed by atoms with Crippen molar-refractivity contribution in [2.45, 2.75) is 56.2 Å². The average molecular weight is 396 g/mol. The van der Waals surface area contributed by atoms with E-state index in [1.165, 1.54) is 18.2 Å². The van der Waals surface area contributed by atoms with Crippen LogP contribution in [0.5, 0.6) is 0 Å². The van der Waals surface area contributed by atoms with Crippen LogP contribution in [0.25, 0.3) is 0 Å². The lowest BCUT2D eigenvalue weighted by Crippen LogP contribution is -2.61. The minimum Gasteiger partial charge on any atom is -0.377 e. The number of ether oxygens (including phenoxy) is 1. The Morgan fingerprint density at radius 2 is 1.35 bits per heavy atom. The van der Waals surface area contributed by atoms with Gasteiger partial charge in [0, 0.05) is 13.5 Å². The summed E-state index contributed by atoms with van der Waals surface area (Å²) in [5.74, 6) is -19.3. The Labute approximate surface area is 144 Å². The number of hydrogen-bond donors (Lipinski definition) is 0. The maximum Gasteiger partial charge on any atom is 0.460 e. The Bertz CT molecular complexity index is 608. The second-order valence-corrected chi connectivity index (χ2v) is 6.10. The van der Waals surface area contributed by atoms with Gasteiger partial charge in [0.05, 0.1) is 6.10 Å². The molecule has 0 aliphatic carbocycles. The molecule has 0 saturated carbocycles. The summed E-state index contributed by atoms with van der Waals surface area (Å²) in [5, 5.41) is 0. The summed E-state index contributed by atoms with van der Waals surface area (Å²) in [4.78, 5) is 0. The fourth-order valence-electron chi connectivity index (χ4n) is 2.22. The van der Waals surface area contributed by atoms with Crippen LogP contribution in [0.3, 0.4) is 0 Å². The summed E-state index contributed by atoms with van der Waals surface area (Å²) in [6.07, 6.45) is -10.7. The zero-order chi connectivity index (χ0) is 20.6. The lowest BCUT2D eigenvalue weighted by atomic mass is 9.93. The van der Waals surface area contributed by atoms with Gasteiger partial charge in [0.15, 0.2) is 0 Å². The minimum absolute atomic E-state index is 0.0375. The first kappa shape index (κ1) is 22.6. The Kier molecular flexibility index (Phi) is 6.33. The molecule has 1 atom stereocenters. The minimum atomic E-state index is -6.90. The number of rotatable bonds is 7. The molecular formula is C16H17F9O.